The minimum Gasteiger partial charge on any atom is -0.489 e. The summed E-state index contributed by atoms with van der Waals surface area (Å²) in [6.07, 6.45) is 2.90. The maximum absolute atomic E-state index is 11.4. The van der Waals surface area contributed by atoms with Gasteiger partial charge in [0.2, 0.25) is 0 Å². The molecule has 164 valence electrons. The number of carbonyl (C=O) groups is 1. The van der Waals surface area contributed by atoms with E-state index in [1.807, 2.05) is 27.7 Å². The molecule has 0 saturated carbocycles. The molecule has 2 N–H and O–H groups in total. The first kappa shape index (κ1) is 21.4. The molecular weight excluding hydrogens is 401 g/mol. The summed E-state index contributed by atoms with van der Waals surface area (Å²) in [6.45, 7) is 9.34. The molecule has 2 amide bonds. The first-order valence-electron chi connectivity index (χ1n) is 10.2. The van der Waals surface area contributed by atoms with E-state index >= 15 is 0 Å². The quantitative estimate of drug-likeness (QED) is 0.711. The lowest BCUT2D eigenvalue weighted by atomic mass is 9.78. The zero-order chi connectivity index (χ0) is 22.4. The van der Waals surface area contributed by atoms with Crippen LogP contribution in [0.4, 0.5) is 4.79 Å². The molecule has 0 spiro atoms. The molecule has 31 heavy (non-hydrogen) atoms. The summed E-state index contributed by atoms with van der Waals surface area (Å²) in [4.78, 5) is 13.0. The van der Waals surface area contributed by atoms with Gasteiger partial charge in [0.05, 0.1) is 47.8 Å². The maximum atomic E-state index is 11.4. The topological polar surface area (TPSA) is 124 Å². The van der Waals surface area contributed by atoms with Crippen molar-refractivity contribution in [1.82, 2.24) is 14.5 Å². The van der Waals surface area contributed by atoms with Crippen LogP contribution < -0.4 is 15.9 Å². The smallest absolute Gasteiger partial charge is 0.489 e. The highest BCUT2D eigenvalue weighted by Crippen LogP contribution is 2.37. The van der Waals surface area contributed by atoms with Gasteiger partial charge in [-0.25, -0.2) is 9.31 Å². The Labute approximate surface area is 180 Å². The molecule has 1 unspecified atom stereocenters. The molecule has 0 aliphatic carbocycles. The van der Waals surface area contributed by atoms with Gasteiger partial charge in [0.25, 0.3) is 0 Å². The third-order valence-electron chi connectivity index (χ3n) is 6.13. The lowest BCUT2D eigenvalue weighted by Crippen LogP contribution is -2.49. The van der Waals surface area contributed by atoms with Gasteiger partial charge in [0.1, 0.15) is 24.5 Å². The van der Waals surface area contributed by atoms with Crippen LogP contribution >= 0.6 is 0 Å². The average Bonchev–Trinajstić information content (AvgIpc) is 3.23. The van der Waals surface area contributed by atoms with Crippen LogP contribution in [0.15, 0.2) is 18.5 Å². The molecule has 0 radical (unpaired) electrons. The van der Waals surface area contributed by atoms with Gasteiger partial charge in [-0.3, -0.25) is 0 Å². The van der Waals surface area contributed by atoms with E-state index in [9.17, 15) is 10.1 Å². The Hall–Kier alpha value is -2.81. The number of nitrogens with two attached hydrogens (primary N) is 1. The first-order valence-corrected chi connectivity index (χ1v) is 10.2. The van der Waals surface area contributed by atoms with Gasteiger partial charge in [-0.2, -0.15) is 10.4 Å². The van der Waals surface area contributed by atoms with Crippen LogP contribution in [0.2, 0.25) is 0 Å². The maximum Gasteiger partial charge on any atom is 0.497 e. The van der Waals surface area contributed by atoms with Crippen LogP contribution in [0.3, 0.4) is 0 Å². The fourth-order valence-electron chi connectivity index (χ4n) is 3.65. The third-order valence-corrected chi connectivity index (χ3v) is 6.13. The predicted molar refractivity (Wildman–Crippen MR) is 112 cm³/mol. The van der Waals surface area contributed by atoms with E-state index in [1.54, 1.807) is 16.8 Å². The monoisotopic (exact) mass is 427 g/mol. The summed E-state index contributed by atoms with van der Waals surface area (Å²) in [5, 5.41) is 13.8. The van der Waals surface area contributed by atoms with Gasteiger partial charge < -0.3 is 29.4 Å². The second kappa shape index (κ2) is 7.71. The van der Waals surface area contributed by atoms with Crippen molar-refractivity contribution in [3.05, 3.63) is 24.0 Å². The zero-order valence-corrected chi connectivity index (χ0v) is 18.1. The number of fused-ring (bicyclic) bond motifs is 1. The van der Waals surface area contributed by atoms with Crippen molar-refractivity contribution in [2.75, 3.05) is 26.3 Å². The standard InChI is InChI=1S/C20H26BN5O5/c1-19(2)20(3,4)31-21(30-19)16-7-14(11-26-17(16)13(8-22)9-24-26)29-12-15-10-25(18(23)27)5-6-28-15/h7,9,11,15H,5-6,10,12H2,1-4H3,(H2,23,27). The van der Waals surface area contributed by atoms with Gasteiger partial charge in [-0.15, -0.1) is 0 Å². The van der Waals surface area contributed by atoms with Crippen molar-refractivity contribution >= 4 is 24.1 Å². The van der Waals surface area contributed by atoms with E-state index in [0.717, 1.165) is 0 Å². The minimum atomic E-state index is -0.684. The lowest BCUT2D eigenvalue weighted by Gasteiger charge is -2.32. The summed E-state index contributed by atoms with van der Waals surface area (Å²) in [6, 6.07) is 3.50. The van der Waals surface area contributed by atoms with Gasteiger partial charge in [-0.1, -0.05) is 0 Å². The van der Waals surface area contributed by atoms with Crippen LogP contribution in [-0.2, 0) is 14.0 Å². The number of ether oxygens (including phenoxy) is 2. The third kappa shape index (κ3) is 3.94. The van der Waals surface area contributed by atoms with Crippen LogP contribution in [-0.4, -0.2) is 71.3 Å². The Morgan fingerprint density at radius 1 is 1.39 bits per heavy atom. The molecular formula is C20H26BN5O5. The molecule has 10 nitrogen and oxygen atoms in total. The number of hydrogen-bond acceptors (Lipinski definition) is 7. The molecule has 2 aliphatic rings. The van der Waals surface area contributed by atoms with Crippen molar-refractivity contribution in [2.45, 2.75) is 45.0 Å². The van der Waals surface area contributed by atoms with E-state index in [4.69, 9.17) is 24.5 Å². The Balaban J connectivity index is 1.61. The summed E-state index contributed by atoms with van der Waals surface area (Å²) in [5.41, 5.74) is 6.00. The highest BCUT2D eigenvalue weighted by Gasteiger charge is 2.52. The first-order chi connectivity index (χ1) is 14.6. The number of primary amides is 1. The minimum absolute atomic E-state index is 0.227. The Morgan fingerprint density at radius 2 is 2.10 bits per heavy atom. The average molecular weight is 427 g/mol. The molecule has 0 bridgehead atoms. The van der Waals surface area contributed by atoms with E-state index < -0.39 is 24.4 Å². The predicted octanol–water partition coefficient (Wildman–Crippen LogP) is 0.663. The molecule has 11 heteroatoms. The summed E-state index contributed by atoms with van der Waals surface area (Å²) in [7, 11) is -0.684. The fraction of sp³-hybridized carbons (Fsp3) is 0.550. The molecule has 4 rings (SSSR count). The number of rotatable bonds is 4. The number of hydrogen-bond donors (Lipinski definition) is 1. The molecule has 0 aromatic carbocycles. The van der Waals surface area contributed by atoms with Crippen molar-refractivity contribution < 1.29 is 23.6 Å². The number of aromatic nitrogens is 2. The number of carbonyl (C=O) groups excluding carboxylic acids is 1. The van der Waals surface area contributed by atoms with Crippen LogP contribution in [0.25, 0.3) is 5.52 Å². The molecule has 2 aliphatic heterocycles. The Morgan fingerprint density at radius 3 is 2.74 bits per heavy atom. The molecule has 4 heterocycles. The normalized spacial score (nSPS) is 22.5. The van der Waals surface area contributed by atoms with Gasteiger partial charge >= 0.3 is 13.1 Å². The van der Waals surface area contributed by atoms with Crippen molar-refractivity contribution in [3.63, 3.8) is 0 Å². The van der Waals surface area contributed by atoms with E-state index in [2.05, 4.69) is 11.2 Å². The largest absolute Gasteiger partial charge is 0.497 e. The summed E-state index contributed by atoms with van der Waals surface area (Å²) in [5.74, 6) is 0.518. The van der Waals surface area contributed by atoms with E-state index in [0.29, 0.717) is 42.0 Å². The molecule has 2 aromatic rings. The zero-order valence-electron chi connectivity index (χ0n) is 18.1. The second-order valence-corrected chi connectivity index (χ2v) is 8.77. The fourth-order valence-corrected chi connectivity index (χ4v) is 3.65. The second-order valence-electron chi connectivity index (χ2n) is 8.77. The summed E-state index contributed by atoms with van der Waals surface area (Å²) < 4.78 is 25.7. The highest BCUT2D eigenvalue weighted by atomic mass is 16.7. The van der Waals surface area contributed by atoms with E-state index in [-0.39, 0.29) is 12.7 Å². The molecule has 2 aromatic heterocycles. The number of morpholine rings is 1. The molecule has 2 saturated heterocycles. The Bertz CT molecular complexity index is 1030. The number of amides is 2. The number of nitriles is 1. The van der Waals surface area contributed by atoms with Crippen molar-refractivity contribution in [3.8, 4) is 11.8 Å². The SMILES string of the molecule is CC1(C)OB(c2cc(OCC3CN(C(N)=O)CCO3)cn3ncc(C#N)c23)OC1(C)C. The van der Waals surface area contributed by atoms with Crippen LogP contribution in [0, 0.1) is 11.3 Å². The Kier molecular flexibility index (Phi) is 5.33. The summed E-state index contributed by atoms with van der Waals surface area (Å²) >= 11 is 0. The molecule has 2 fully saturated rings. The van der Waals surface area contributed by atoms with Crippen molar-refractivity contribution in [1.29, 1.82) is 5.26 Å². The number of pyridine rings is 1. The lowest BCUT2D eigenvalue weighted by molar-refractivity contribution is -0.0342. The van der Waals surface area contributed by atoms with Crippen LogP contribution in [0.1, 0.15) is 33.3 Å². The number of urea groups is 1. The van der Waals surface area contributed by atoms with Crippen LogP contribution in [0.5, 0.6) is 5.75 Å². The van der Waals surface area contributed by atoms with Gasteiger partial charge in [-0.05, 0) is 33.8 Å². The van der Waals surface area contributed by atoms with E-state index in [1.165, 1.54) is 11.1 Å². The van der Waals surface area contributed by atoms with Crippen molar-refractivity contribution in [2.24, 2.45) is 5.73 Å². The molecule has 1 atom stereocenters. The number of nitrogens with zero attached hydrogens (tertiary/aromatic N) is 4. The van der Waals surface area contributed by atoms with Gasteiger partial charge in [0.15, 0.2) is 0 Å². The van der Waals surface area contributed by atoms with Gasteiger partial charge in [0, 0.05) is 12.0 Å². The highest BCUT2D eigenvalue weighted by molar-refractivity contribution is 6.64.